The fourth-order valence-corrected chi connectivity index (χ4v) is 8.06. The molecule has 0 atom stereocenters. The Balaban J connectivity index is 0.000000212. The zero-order chi connectivity index (χ0) is 39.5. The van der Waals surface area contributed by atoms with Crippen LogP contribution in [-0.4, -0.2) is 79.9 Å². The van der Waals surface area contributed by atoms with Gasteiger partial charge in [0.15, 0.2) is 10.3 Å². The Morgan fingerprint density at radius 1 is 0.709 bits per heavy atom. The highest BCUT2D eigenvalue weighted by atomic mass is 32.2. The van der Waals surface area contributed by atoms with Crippen molar-refractivity contribution in [3.05, 3.63) is 69.7 Å². The highest BCUT2D eigenvalue weighted by Gasteiger charge is 2.20. The standard InChI is InChI=1S/C18H23N5O4S2.C18H22N4O3S/c1-12-6-7-13(14(10-12)23-8-4-3-5-9-23)20-17(25)21-18-19-11-15(28-18)16(24)22-29(2,26)27;1-12-5-6-14(15(9-12)22-7-3-2-4-8-22)20-17(25)21-18-19-11-13(26-18)10-16(23)24/h6-7,10-11H,3-5,8-9H2,1-2H3,(H,22,24)(H2,19,20,21,25);5-6,9,11H,2-4,7-8,10H2,1H3,(H,23,24)(H2,19,20,21,25). The van der Waals surface area contributed by atoms with E-state index in [1.165, 1.54) is 25.2 Å². The number of thiazole rings is 2. The number of benzene rings is 2. The molecule has 2 saturated heterocycles. The number of aryl methyl sites for hydroxylation is 2. The van der Waals surface area contributed by atoms with Crippen LogP contribution in [0.2, 0.25) is 0 Å². The Morgan fingerprint density at radius 2 is 1.18 bits per heavy atom. The molecule has 6 N–H and O–H groups in total. The summed E-state index contributed by atoms with van der Waals surface area (Å²) >= 11 is 2.05. The molecule has 2 aromatic heterocycles. The molecule has 2 aliphatic heterocycles. The quantitative estimate of drug-likeness (QED) is 0.102. The summed E-state index contributed by atoms with van der Waals surface area (Å²) in [6.45, 7) is 7.93. The molecule has 6 rings (SSSR count). The molecule has 0 saturated carbocycles. The average Bonchev–Trinajstić information content (AvgIpc) is 3.79. The van der Waals surface area contributed by atoms with Crippen molar-refractivity contribution in [3.63, 3.8) is 0 Å². The number of carbonyl (C=O) groups excluding carboxylic acids is 3. The smallest absolute Gasteiger partial charge is 0.325 e. The molecule has 4 aromatic rings. The molecular formula is C36H45N9O7S3. The minimum atomic E-state index is -3.67. The first-order chi connectivity index (χ1) is 26.2. The van der Waals surface area contributed by atoms with Gasteiger partial charge in [-0.05, 0) is 87.8 Å². The summed E-state index contributed by atoms with van der Waals surface area (Å²) in [5.74, 6) is -1.71. The minimum absolute atomic E-state index is 0.0788. The summed E-state index contributed by atoms with van der Waals surface area (Å²) < 4.78 is 24.2. The molecule has 0 spiro atoms. The Bertz CT molecular complexity index is 2110. The second-order valence-electron chi connectivity index (χ2n) is 13.2. The van der Waals surface area contributed by atoms with Crippen LogP contribution in [0.1, 0.15) is 64.2 Å². The minimum Gasteiger partial charge on any atom is -0.481 e. The van der Waals surface area contributed by atoms with Crippen LogP contribution in [0.15, 0.2) is 48.8 Å². The zero-order valence-electron chi connectivity index (χ0n) is 30.8. The predicted molar refractivity (Wildman–Crippen MR) is 218 cm³/mol. The Morgan fingerprint density at radius 3 is 1.65 bits per heavy atom. The van der Waals surface area contributed by atoms with Crippen molar-refractivity contribution < 1.29 is 32.7 Å². The van der Waals surface area contributed by atoms with Crippen LogP contribution in [0.25, 0.3) is 0 Å². The molecule has 0 bridgehead atoms. The molecule has 19 heteroatoms. The lowest BCUT2D eigenvalue weighted by Gasteiger charge is -2.30. The van der Waals surface area contributed by atoms with E-state index in [1.54, 1.807) is 0 Å². The monoisotopic (exact) mass is 811 g/mol. The summed E-state index contributed by atoms with van der Waals surface area (Å²) in [5.41, 5.74) is 5.73. The van der Waals surface area contributed by atoms with Gasteiger partial charge in [0.05, 0.1) is 41.6 Å². The summed E-state index contributed by atoms with van der Waals surface area (Å²) in [4.78, 5) is 60.6. The van der Waals surface area contributed by atoms with Crippen LogP contribution in [0.5, 0.6) is 0 Å². The zero-order valence-corrected chi connectivity index (χ0v) is 33.3. The van der Waals surface area contributed by atoms with Gasteiger partial charge in [-0.2, -0.15) is 0 Å². The van der Waals surface area contributed by atoms with Crippen LogP contribution >= 0.6 is 22.7 Å². The van der Waals surface area contributed by atoms with E-state index in [1.807, 2.05) is 42.8 Å². The van der Waals surface area contributed by atoms with E-state index in [2.05, 4.69) is 53.2 Å². The summed E-state index contributed by atoms with van der Waals surface area (Å²) in [7, 11) is -3.67. The molecule has 0 radical (unpaired) electrons. The van der Waals surface area contributed by atoms with Crippen molar-refractivity contribution in [1.29, 1.82) is 0 Å². The van der Waals surface area contributed by atoms with E-state index < -0.39 is 27.9 Å². The number of piperidine rings is 2. The Hall–Kier alpha value is -5.27. The Labute approximate surface area is 327 Å². The number of sulfonamides is 1. The molecule has 2 aliphatic rings. The fourth-order valence-electron chi connectivity index (χ4n) is 6.04. The van der Waals surface area contributed by atoms with E-state index in [9.17, 15) is 27.6 Å². The Kier molecular flexibility index (Phi) is 14.0. The number of aromatic nitrogens is 2. The van der Waals surface area contributed by atoms with Gasteiger partial charge in [-0.3, -0.25) is 20.2 Å². The van der Waals surface area contributed by atoms with Crippen molar-refractivity contribution in [2.24, 2.45) is 0 Å². The van der Waals surface area contributed by atoms with Crippen LogP contribution in [0, 0.1) is 13.8 Å². The maximum absolute atomic E-state index is 12.4. The topological polar surface area (TPSA) is 215 Å². The normalized spacial score (nSPS) is 14.2. The first-order valence-electron chi connectivity index (χ1n) is 17.7. The lowest BCUT2D eigenvalue weighted by Crippen LogP contribution is -2.31. The number of anilines is 6. The van der Waals surface area contributed by atoms with Gasteiger partial charge in [-0.15, -0.1) is 11.3 Å². The van der Waals surface area contributed by atoms with Gasteiger partial charge >= 0.3 is 18.0 Å². The molecule has 2 aromatic carbocycles. The third kappa shape index (κ3) is 12.6. The second kappa shape index (κ2) is 18.9. The summed E-state index contributed by atoms with van der Waals surface area (Å²) in [6.07, 6.45) is 10.5. The number of aliphatic carboxylic acids is 1. The highest BCUT2D eigenvalue weighted by Crippen LogP contribution is 2.31. The van der Waals surface area contributed by atoms with Crippen molar-refractivity contribution in [1.82, 2.24) is 14.7 Å². The van der Waals surface area contributed by atoms with Crippen molar-refractivity contribution in [2.45, 2.75) is 58.8 Å². The molecular weight excluding hydrogens is 767 g/mol. The van der Waals surface area contributed by atoms with Gasteiger partial charge < -0.3 is 25.5 Å². The number of urea groups is 2. The maximum atomic E-state index is 12.4. The SMILES string of the molecule is Cc1ccc(NC(=O)Nc2ncc(C(=O)NS(C)(=O)=O)s2)c(N2CCCCC2)c1.Cc1ccc(NC(=O)Nc2ncc(CC(=O)O)s2)c(N2CCCCC2)c1. The summed E-state index contributed by atoms with van der Waals surface area (Å²) in [5, 5.41) is 20.4. The van der Waals surface area contributed by atoms with Gasteiger partial charge in [-0.1, -0.05) is 23.5 Å². The van der Waals surface area contributed by atoms with Crippen molar-refractivity contribution >= 4 is 89.6 Å². The van der Waals surface area contributed by atoms with Gasteiger partial charge in [0, 0.05) is 37.3 Å². The molecule has 4 heterocycles. The number of rotatable bonds is 10. The number of nitrogens with zero attached hydrogens (tertiary/aromatic N) is 4. The molecule has 0 unspecified atom stereocenters. The molecule has 294 valence electrons. The fraction of sp³-hybridized carbons (Fsp3) is 0.389. The predicted octanol–water partition coefficient (Wildman–Crippen LogP) is 6.49. The number of carbonyl (C=O) groups is 4. The van der Waals surface area contributed by atoms with E-state index in [-0.39, 0.29) is 22.5 Å². The number of carboxylic acid groups (broad SMARTS) is 1. The van der Waals surface area contributed by atoms with Crippen molar-refractivity contribution in [3.8, 4) is 0 Å². The van der Waals surface area contributed by atoms with Crippen molar-refractivity contribution in [2.75, 3.05) is 63.5 Å². The van der Waals surface area contributed by atoms with Crippen LogP contribution in [-0.2, 0) is 21.2 Å². The second-order valence-corrected chi connectivity index (χ2v) is 17.1. The number of hydrogen-bond acceptors (Lipinski definition) is 12. The number of nitrogens with one attached hydrogen (secondary N) is 5. The first-order valence-corrected chi connectivity index (χ1v) is 21.3. The number of amides is 5. The summed E-state index contributed by atoms with van der Waals surface area (Å²) in [6, 6.07) is 11.0. The maximum Gasteiger partial charge on any atom is 0.325 e. The lowest BCUT2D eigenvalue weighted by atomic mass is 10.1. The third-order valence-electron chi connectivity index (χ3n) is 8.52. The van der Waals surface area contributed by atoms with E-state index in [0.717, 1.165) is 109 Å². The third-order valence-corrected chi connectivity index (χ3v) is 10.9. The van der Waals surface area contributed by atoms with E-state index >= 15 is 0 Å². The van der Waals surface area contributed by atoms with Gasteiger partial charge in [0.25, 0.3) is 5.91 Å². The van der Waals surface area contributed by atoms with E-state index in [4.69, 9.17) is 5.11 Å². The van der Waals surface area contributed by atoms with Crippen LogP contribution < -0.4 is 35.8 Å². The molecule has 0 aliphatic carbocycles. The molecule has 2 fully saturated rings. The number of hydrogen-bond donors (Lipinski definition) is 6. The average molecular weight is 812 g/mol. The largest absolute Gasteiger partial charge is 0.481 e. The van der Waals surface area contributed by atoms with Gasteiger partial charge in [0.1, 0.15) is 4.88 Å². The van der Waals surface area contributed by atoms with Gasteiger partial charge in [-0.25, -0.2) is 32.7 Å². The highest BCUT2D eigenvalue weighted by molar-refractivity contribution is 7.89. The number of carboxylic acids is 1. The molecule has 16 nitrogen and oxygen atoms in total. The molecule has 5 amide bonds. The van der Waals surface area contributed by atoms with Crippen LogP contribution in [0.3, 0.4) is 0 Å². The van der Waals surface area contributed by atoms with E-state index in [0.29, 0.717) is 15.7 Å². The first kappa shape index (κ1) is 40.9. The lowest BCUT2D eigenvalue weighted by molar-refractivity contribution is -0.136. The van der Waals surface area contributed by atoms with Gasteiger partial charge in [0.2, 0.25) is 10.0 Å². The van der Waals surface area contributed by atoms with Crippen LogP contribution in [0.4, 0.5) is 42.6 Å². The molecule has 55 heavy (non-hydrogen) atoms.